The minimum absolute atomic E-state index is 0.192. The molecule has 112 valence electrons. The van der Waals surface area contributed by atoms with Crippen molar-refractivity contribution in [2.75, 3.05) is 19.8 Å². The number of aliphatic hydroxyl groups excluding tert-OH is 1. The molecule has 0 spiro atoms. The van der Waals surface area contributed by atoms with E-state index >= 15 is 0 Å². The molecule has 0 aliphatic heterocycles. The zero-order valence-corrected chi connectivity index (χ0v) is 12.1. The number of carbonyl (C=O) groups is 1. The first-order valence-electron chi connectivity index (χ1n) is 7.18. The molecule has 1 aliphatic carbocycles. The van der Waals surface area contributed by atoms with Crippen molar-refractivity contribution < 1.29 is 14.6 Å². The summed E-state index contributed by atoms with van der Waals surface area (Å²) in [5.41, 5.74) is 1.33. The van der Waals surface area contributed by atoms with Crippen LogP contribution in [0.3, 0.4) is 0 Å². The molecule has 1 heterocycles. The fraction of sp³-hybridized carbons (Fsp3) is 0.714. The third-order valence-electron chi connectivity index (χ3n) is 3.29. The molecule has 2 rings (SSSR count). The number of carbonyl (C=O) groups excluding carboxylic acids is 1. The number of rotatable bonds is 8. The van der Waals surface area contributed by atoms with E-state index in [9.17, 15) is 9.90 Å². The number of nitrogens with one attached hydrogen (secondary N) is 1. The summed E-state index contributed by atoms with van der Waals surface area (Å²) >= 11 is 0. The standard InChI is InChI=1S/C14H23N3O3/c1-3-17-13(6-10(2)16-17)14(19)15-7-12(18)9-20-8-11-4-5-11/h6,11-12,18H,3-5,7-9H2,1-2H3,(H,15,19). The van der Waals surface area contributed by atoms with E-state index < -0.39 is 6.10 Å². The van der Waals surface area contributed by atoms with Crippen LogP contribution in [0.5, 0.6) is 0 Å². The topological polar surface area (TPSA) is 76.4 Å². The van der Waals surface area contributed by atoms with Crippen molar-refractivity contribution in [3.05, 3.63) is 17.5 Å². The van der Waals surface area contributed by atoms with Gasteiger partial charge in [0.15, 0.2) is 0 Å². The predicted molar refractivity (Wildman–Crippen MR) is 74.5 cm³/mol. The minimum Gasteiger partial charge on any atom is -0.389 e. The van der Waals surface area contributed by atoms with E-state index in [1.807, 2.05) is 13.8 Å². The van der Waals surface area contributed by atoms with Crippen LogP contribution >= 0.6 is 0 Å². The summed E-state index contributed by atoms with van der Waals surface area (Å²) in [7, 11) is 0. The van der Waals surface area contributed by atoms with E-state index in [-0.39, 0.29) is 19.1 Å². The summed E-state index contributed by atoms with van der Waals surface area (Å²) in [6.45, 7) is 5.60. The van der Waals surface area contributed by atoms with Gasteiger partial charge in [-0.15, -0.1) is 0 Å². The van der Waals surface area contributed by atoms with Crippen LogP contribution in [0.2, 0.25) is 0 Å². The van der Waals surface area contributed by atoms with Gasteiger partial charge in [-0.1, -0.05) is 0 Å². The van der Waals surface area contributed by atoms with Crippen molar-refractivity contribution in [1.82, 2.24) is 15.1 Å². The quantitative estimate of drug-likeness (QED) is 0.736. The van der Waals surface area contributed by atoms with Crippen LogP contribution in [-0.2, 0) is 11.3 Å². The van der Waals surface area contributed by atoms with Gasteiger partial charge in [0, 0.05) is 19.7 Å². The highest BCUT2D eigenvalue weighted by molar-refractivity contribution is 5.92. The Kier molecular flexibility index (Phi) is 5.14. The second-order valence-corrected chi connectivity index (χ2v) is 5.33. The molecule has 20 heavy (non-hydrogen) atoms. The molecule has 0 saturated heterocycles. The molecular formula is C14H23N3O3. The largest absolute Gasteiger partial charge is 0.389 e. The Morgan fingerprint density at radius 3 is 3.05 bits per heavy atom. The van der Waals surface area contributed by atoms with Gasteiger partial charge in [-0.3, -0.25) is 9.48 Å². The van der Waals surface area contributed by atoms with Crippen LogP contribution in [0, 0.1) is 12.8 Å². The summed E-state index contributed by atoms with van der Waals surface area (Å²) in [4.78, 5) is 12.0. The van der Waals surface area contributed by atoms with E-state index in [1.165, 1.54) is 12.8 Å². The highest BCUT2D eigenvalue weighted by Crippen LogP contribution is 2.28. The Morgan fingerprint density at radius 1 is 1.65 bits per heavy atom. The van der Waals surface area contributed by atoms with E-state index in [1.54, 1.807) is 10.7 Å². The first kappa shape index (κ1) is 15.0. The van der Waals surface area contributed by atoms with Crippen LogP contribution in [0.4, 0.5) is 0 Å². The molecule has 1 unspecified atom stereocenters. The first-order valence-corrected chi connectivity index (χ1v) is 7.18. The fourth-order valence-corrected chi connectivity index (χ4v) is 1.98. The zero-order valence-electron chi connectivity index (χ0n) is 12.1. The number of aromatic nitrogens is 2. The fourth-order valence-electron chi connectivity index (χ4n) is 1.98. The van der Waals surface area contributed by atoms with E-state index in [4.69, 9.17) is 4.74 Å². The average Bonchev–Trinajstić information content (AvgIpc) is 3.16. The van der Waals surface area contributed by atoms with Gasteiger partial charge in [-0.2, -0.15) is 5.10 Å². The van der Waals surface area contributed by atoms with Crippen molar-refractivity contribution in [3.63, 3.8) is 0 Å². The van der Waals surface area contributed by atoms with Gasteiger partial charge >= 0.3 is 0 Å². The lowest BCUT2D eigenvalue weighted by molar-refractivity contribution is 0.0320. The van der Waals surface area contributed by atoms with Crippen molar-refractivity contribution in [2.24, 2.45) is 5.92 Å². The average molecular weight is 281 g/mol. The molecular weight excluding hydrogens is 258 g/mol. The van der Waals surface area contributed by atoms with Crippen molar-refractivity contribution in [1.29, 1.82) is 0 Å². The summed E-state index contributed by atoms with van der Waals surface area (Å²) in [5.74, 6) is 0.465. The van der Waals surface area contributed by atoms with E-state index in [0.717, 1.165) is 5.69 Å². The molecule has 1 aliphatic rings. The lowest BCUT2D eigenvalue weighted by Crippen LogP contribution is -2.35. The highest BCUT2D eigenvalue weighted by Gasteiger charge is 2.21. The predicted octanol–water partition coefficient (Wildman–Crippen LogP) is 0.729. The summed E-state index contributed by atoms with van der Waals surface area (Å²) in [6.07, 6.45) is 1.79. The van der Waals surface area contributed by atoms with Crippen molar-refractivity contribution in [3.8, 4) is 0 Å². The summed E-state index contributed by atoms with van der Waals surface area (Å²) < 4.78 is 7.04. The van der Waals surface area contributed by atoms with Gasteiger partial charge in [-0.05, 0) is 38.7 Å². The Labute approximate surface area is 119 Å². The van der Waals surface area contributed by atoms with Crippen molar-refractivity contribution >= 4 is 5.91 Å². The number of aliphatic hydroxyl groups is 1. The first-order chi connectivity index (χ1) is 9.60. The SMILES string of the molecule is CCn1nc(C)cc1C(=O)NCC(O)COCC1CC1. The minimum atomic E-state index is -0.670. The molecule has 2 N–H and O–H groups in total. The molecule has 1 aromatic rings. The molecule has 0 bridgehead atoms. The monoisotopic (exact) mass is 281 g/mol. The molecule has 1 aromatic heterocycles. The third-order valence-corrected chi connectivity index (χ3v) is 3.29. The molecule has 1 atom stereocenters. The molecule has 1 fully saturated rings. The molecule has 6 heteroatoms. The smallest absolute Gasteiger partial charge is 0.269 e. The van der Waals surface area contributed by atoms with Crippen LogP contribution in [0.1, 0.15) is 35.9 Å². The maximum atomic E-state index is 12.0. The van der Waals surface area contributed by atoms with Gasteiger partial charge in [0.05, 0.1) is 18.4 Å². The lowest BCUT2D eigenvalue weighted by Gasteiger charge is -2.12. The molecule has 1 amide bonds. The number of hydrogen-bond donors (Lipinski definition) is 2. The van der Waals surface area contributed by atoms with Gasteiger partial charge in [0.2, 0.25) is 0 Å². The van der Waals surface area contributed by atoms with Crippen LogP contribution in [0.15, 0.2) is 6.07 Å². The number of amides is 1. The summed E-state index contributed by atoms with van der Waals surface area (Å²) in [6, 6.07) is 1.74. The molecule has 0 radical (unpaired) electrons. The maximum absolute atomic E-state index is 12.0. The zero-order chi connectivity index (χ0) is 14.5. The van der Waals surface area contributed by atoms with Gasteiger partial charge < -0.3 is 15.2 Å². The number of hydrogen-bond acceptors (Lipinski definition) is 4. The van der Waals surface area contributed by atoms with Gasteiger partial charge in [0.1, 0.15) is 5.69 Å². The van der Waals surface area contributed by atoms with Gasteiger partial charge in [-0.25, -0.2) is 0 Å². The maximum Gasteiger partial charge on any atom is 0.269 e. The lowest BCUT2D eigenvalue weighted by atomic mass is 10.3. The normalized spacial score (nSPS) is 16.1. The highest BCUT2D eigenvalue weighted by atomic mass is 16.5. The Balaban J connectivity index is 1.72. The molecule has 6 nitrogen and oxygen atoms in total. The Morgan fingerprint density at radius 2 is 2.40 bits per heavy atom. The van der Waals surface area contributed by atoms with Crippen LogP contribution in [-0.4, -0.2) is 46.7 Å². The third kappa shape index (κ3) is 4.31. The summed E-state index contributed by atoms with van der Waals surface area (Å²) in [5, 5.41) is 16.7. The van der Waals surface area contributed by atoms with Gasteiger partial charge in [0.25, 0.3) is 5.91 Å². The van der Waals surface area contributed by atoms with Crippen LogP contribution in [0.25, 0.3) is 0 Å². The Bertz CT molecular complexity index is 455. The van der Waals surface area contributed by atoms with E-state index in [0.29, 0.717) is 24.8 Å². The Hall–Kier alpha value is -1.40. The molecule has 1 saturated carbocycles. The van der Waals surface area contributed by atoms with Crippen molar-refractivity contribution in [2.45, 2.75) is 39.3 Å². The second kappa shape index (κ2) is 6.85. The number of aryl methyl sites for hydroxylation is 2. The van der Waals surface area contributed by atoms with E-state index in [2.05, 4.69) is 10.4 Å². The number of ether oxygens (including phenoxy) is 1. The van der Waals surface area contributed by atoms with Crippen LogP contribution < -0.4 is 5.32 Å². The number of nitrogens with zero attached hydrogens (tertiary/aromatic N) is 2. The molecule has 0 aromatic carbocycles. The second-order valence-electron chi connectivity index (χ2n) is 5.33.